The highest BCUT2D eigenvalue weighted by atomic mass is 19.1. The minimum Gasteiger partial charge on any atom is -0.294 e. The van der Waals surface area contributed by atoms with Gasteiger partial charge in [0.25, 0.3) is 0 Å². The second-order valence-electron chi connectivity index (χ2n) is 8.57. The number of nitrogens with zero attached hydrogens (tertiary/aromatic N) is 2. The van der Waals surface area contributed by atoms with Crippen LogP contribution >= 0.6 is 0 Å². The number of ketones is 1. The zero-order chi connectivity index (χ0) is 20.1. The number of Topliss-reactive ketones (excluding diaryl/α,β-unsaturated/α-hetero) is 1. The molecular weight excluding hydrogens is 351 g/mol. The molecule has 1 aromatic rings. The van der Waals surface area contributed by atoms with Crippen molar-refractivity contribution in [2.24, 2.45) is 16.8 Å². The lowest BCUT2D eigenvalue weighted by Crippen LogP contribution is -2.38. The molecule has 1 fully saturated rings. The van der Waals surface area contributed by atoms with E-state index in [-0.39, 0.29) is 23.7 Å². The molecule has 0 aromatic heterocycles. The Balaban J connectivity index is 1.62. The van der Waals surface area contributed by atoms with E-state index in [1.807, 2.05) is 0 Å². The van der Waals surface area contributed by atoms with Crippen LogP contribution in [0.1, 0.15) is 68.8 Å². The van der Waals surface area contributed by atoms with Crippen LogP contribution in [0.2, 0.25) is 0 Å². The number of aryl methyl sites for hydroxylation is 1. The average molecular weight is 385 g/mol. The smallest absolute Gasteiger partial charge is 0.166 e. The van der Waals surface area contributed by atoms with E-state index in [9.17, 15) is 9.18 Å². The SMILES string of the molecule is CCCN(CC(C)C)C1CC=CC(CCc2ccc(C(=O)C3CC3)cc2F)=N1. The Morgan fingerprint density at radius 3 is 2.71 bits per heavy atom. The topological polar surface area (TPSA) is 32.7 Å². The summed E-state index contributed by atoms with van der Waals surface area (Å²) in [5, 5.41) is 0. The van der Waals surface area contributed by atoms with Crippen LogP contribution in [0.5, 0.6) is 0 Å². The van der Waals surface area contributed by atoms with Crippen molar-refractivity contribution in [3.63, 3.8) is 0 Å². The lowest BCUT2D eigenvalue weighted by atomic mass is 10.0. The summed E-state index contributed by atoms with van der Waals surface area (Å²) in [6.45, 7) is 8.79. The molecule has 3 nitrogen and oxygen atoms in total. The van der Waals surface area contributed by atoms with Crippen molar-refractivity contribution in [3.05, 3.63) is 47.3 Å². The van der Waals surface area contributed by atoms with E-state index in [0.717, 1.165) is 50.9 Å². The van der Waals surface area contributed by atoms with Crippen LogP contribution in [0.25, 0.3) is 0 Å². The molecule has 2 aliphatic rings. The normalized spacial score (nSPS) is 19.4. The number of halogens is 1. The molecular formula is C24H33FN2O. The summed E-state index contributed by atoms with van der Waals surface area (Å²) >= 11 is 0. The second-order valence-corrected chi connectivity index (χ2v) is 8.57. The Hall–Kier alpha value is -1.81. The molecule has 1 aliphatic carbocycles. The van der Waals surface area contributed by atoms with Crippen LogP contribution in [0.3, 0.4) is 0 Å². The second kappa shape index (κ2) is 9.60. The zero-order valence-electron chi connectivity index (χ0n) is 17.5. The molecule has 1 aliphatic heterocycles. The zero-order valence-corrected chi connectivity index (χ0v) is 17.5. The van der Waals surface area contributed by atoms with Gasteiger partial charge in [0, 0.05) is 30.2 Å². The highest BCUT2D eigenvalue weighted by Gasteiger charge is 2.30. The van der Waals surface area contributed by atoms with E-state index in [2.05, 4.69) is 37.8 Å². The minimum absolute atomic E-state index is 0.0917. The van der Waals surface area contributed by atoms with E-state index < -0.39 is 0 Å². The summed E-state index contributed by atoms with van der Waals surface area (Å²) < 4.78 is 14.5. The number of benzene rings is 1. The van der Waals surface area contributed by atoms with Crippen LogP contribution in [-0.4, -0.2) is 35.7 Å². The number of carbonyl (C=O) groups is 1. The van der Waals surface area contributed by atoms with Gasteiger partial charge in [-0.15, -0.1) is 0 Å². The first-order valence-corrected chi connectivity index (χ1v) is 10.8. The Kier molecular flexibility index (Phi) is 7.17. The van der Waals surface area contributed by atoms with Crippen LogP contribution in [0, 0.1) is 17.7 Å². The molecule has 4 heteroatoms. The third-order valence-electron chi connectivity index (χ3n) is 5.44. The fourth-order valence-corrected chi connectivity index (χ4v) is 3.86. The first-order valence-electron chi connectivity index (χ1n) is 10.8. The number of dihydropyridines is 1. The number of hydrogen-bond donors (Lipinski definition) is 0. The number of aliphatic imine (C=N–C) groups is 1. The van der Waals surface area contributed by atoms with Crippen LogP contribution in [0.4, 0.5) is 4.39 Å². The maximum Gasteiger partial charge on any atom is 0.166 e. The van der Waals surface area contributed by atoms with E-state index in [4.69, 9.17) is 4.99 Å². The van der Waals surface area contributed by atoms with Crippen LogP contribution in [-0.2, 0) is 6.42 Å². The quantitative estimate of drug-likeness (QED) is 0.503. The monoisotopic (exact) mass is 384 g/mol. The Labute approximate surface area is 168 Å². The molecule has 1 unspecified atom stereocenters. The molecule has 0 saturated heterocycles. The van der Waals surface area contributed by atoms with Gasteiger partial charge in [-0.1, -0.05) is 39.0 Å². The van der Waals surface area contributed by atoms with Crippen LogP contribution < -0.4 is 0 Å². The van der Waals surface area contributed by atoms with E-state index in [1.165, 1.54) is 6.07 Å². The summed E-state index contributed by atoms with van der Waals surface area (Å²) in [5.41, 5.74) is 2.22. The van der Waals surface area contributed by atoms with Gasteiger partial charge >= 0.3 is 0 Å². The summed E-state index contributed by atoms with van der Waals surface area (Å²) in [4.78, 5) is 19.5. The molecule has 1 atom stereocenters. The van der Waals surface area contributed by atoms with Crippen molar-refractivity contribution in [1.82, 2.24) is 4.90 Å². The first kappa shape index (κ1) is 20.9. The van der Waals surface area contributed by atoms with Crippen LogP contribution in [0.15, 0.2) is 35.3 Å². The largest absolute Gasteiger partial charge is 0.294 e. The van der Waals surface area contributed by atoms with Gasteiger partial charge < -0.3 is 0 Å². The third-order valence-corrected chi connectivity index (χ3v) is 5.44. The predicted octanol–water partition coefficient (Wildman–Crippen LogP) is 5.45. The molecule has 0 spiro atoms. The number of rotatable bonds is 10. The van der Waals surface area contributed by atoms with Gasteiger partial charge in [0.15, 0.2) is 5.78 Å². The molecule has 1 aromatic carbocycles. The number of allylic oxidation sites excluding steroid dienone is 1. The van der Waals surface area contributed by atoms with Crippen molar-refractivity contribution in [3.8, 4) is 0 Å². The fourth-order valence-electron chi connectivity index (χ4n) is 3.86. The molecule has 0 N–H and O–H groups in total. The summed E-state index contributed by atoms with van der Waals surface area (Å²) in [7, 11) is 0. The van der Waals surface area contributed by atoms with Gasteiger partial charge in [-0.3, -0.25) is 14.7 Å². The molecule has 0 bridgehead atoms. The molecule has 28 heavy (non-hydrogen) atoms. The maximum absolute atomic E-state index is 14.5. The van der Waals surface area contributed by atoms with Crippen molar-refractivity contribution in [2.75, 3.05) is 13.1 Å². The molecule has 0 amide bonds. The summed E-state index contributed by atoms with van der Waals surface area (Å²) in [6.07, 6.45) is 9.77. The number of carbonyl (C=O) groups excluding carboxylic acids is 1. The van der Waals surface area contributed by atoms with Gasteiger partial charge in [0.1, 0.15) is 12.0 Å². The van der Waals surface area contributed by atoms with Crippen molar-refractivity contribution in [2.45, 2.75) is 65.5 Å². The lowest BCUT2D eigenvalue weighted by molar-refractivity contribution is 0.0967. The molecule has 0 radical (unpaired) electrons. The van der Waals surface area contributed by atoms with Crippen molar-refractivity contribution in [1.29, 1.82) is 0 Å². The highest BCUT2D eigenvalue weighted by molar-refractivity contribution is 5.99. The maximum atomic E-state index is 14.5. The predicted molar refractivity (Wildman–Crippen MR) is 113 cm³/mol. The lowest BCUT2D eigenvalue weighted by Gasteiger charge is -2.31. The Morgan fingerprint density at radius 1 is 1.29 bits per heavy atom. The average Bonchev–Trinajstić information content (AvgIpc) is 3.51. The van der Waals surface area contributed by atoms with Gasteiger partial charge in [-0.2, -0.15) is 0 Å². The molecule has 3 rings (SSSR count). The fraction of sp³-hybridized carbons (Fsp3) is 0.583. The summed E-state index contributed by atoms with van der Waals surface area (Å²) in [6, 6.07) is 4.98. The van der Waals surface area contributed by atoms with Crippen molar-refractivity contribution >= 4 is 11.5 Å². The number of hydrogen-bond acceptors (Lipinski definition) is 3. The molecule has 152 valence electrons. The van der Waals surface area contributed by atoms with E-state index in [1.54, 1.807) is 12.1 Å². The van der Waals surface area contributed by atoms with Gasteiger partial charge in [0.05, 0.1) is 0 Å². The standard InChI is InChI=1S/C24H33FN2O/c1-4-14-27(16-17(2)3)23-7-5-6-21(26-23)13-12-18-8-11-20(15-22(18)25)24(28)19-9-10-19/h5-6,8,11,15,17,19,23H,4,7,9-10,12-14,16H2,1-3H3. The van der Waals surface area contributed by atoms with Gasteiger partial charge in [0.2, 0.25) is 0 Å². The minimum atomic E-state index is -0.268. The van der Waals surface area contributed by atoms with E-state index in [0.29, 0.717) is 23.5 Å². The highest BCUT2D eigenvalue weighted by Crippen LogP contribution is 2.33. The summed E-state index contributed by atoms with van der Waals surface area (Å²) in [5.74, 6) is 0.563. The molecule has 1 heterocycles. The van der Waals surface area contributed by atoms with Gasteiger partial charge in [-0.05, 0) is 62.3 Å². The molecule has 1 saturated carbocycles. The Bertz CT molecular complexity index is 749. The van der Waals surface area contributed by atoms with E-state index >= 15 is 0 Å². The van der Waals surface area contributed by atoms with Gasteiger partial charge in [-0.25, -0.2) is 4.39 Å². The third kappa shape index (κ3) is 5.60. The van der Waals surface area contributed by atoms with Crippen molar-refractivity contribution < 1.29 is 9.18 Å². The first-order chi connectivity index (χ1) is 13.5. The Morgan fingerprint density at radius 2 is 2.07 bits per heavy atom.